The van der Waals surface area contributed by atoms with Gasteiger partial charge in [-0.3, -0.25) is 15.1 Å². The number of pyridine rings is 1. The van der Waals surface area contributed by atoms with Gasteiger partial charge < -0.3 is 0 Å². The third-order valence-electron chi connectivity index (χ3n) is 2.16. The summed E-state index contributed by atoms with van der Waals surface area (Å²) in [5, 5.41) is 11.0. The van der Waals surface area contributed by atoms with Crippen molar-refractivity contribution in [3.63, 3.8) is 0 Å². The molecule has 1 heterocycles. The number of aromatic nitrogens is 1. The molecule has 5 heteroatoms. The van der Waals surface area contributed by atoms with Crippen molar-refractivity contribution in [2.75, 3.05) is 0 Å². The molecule has 0 amide bonds. The third-order valence-corrected chi connectivity index (χ3v) is 2.37. The van der Waals surface area contributed by atoms with Crippen molar-refractivity contribution in [1.82, 2.24) is 4.98 Å². The number of hydrogen-bond acceptors (Lipinski definition) is 3. The Morgan fingerprint density at radius 2 is 1.88 bits per heavy atom. The van der Waals surface area contributed by atoms with Crippen LogP contribution in [0.5, 0.6) is 0 Å². The maximum atomic E-state index is 10.5. The van der Waals surface area contributed by atoms with Crippen molar-refractivity contribution in [1.29, 1.82) is 0 Å². The lowest BCUT2D eigenvalue weighted by molar-refractivity contribution is -0.384. The molecule has 1 aromatic heterocycles. The zero-order chi connectivity index (χ0) is 12.3. The van der Waals surface area contributed by atoms with Crippen LogP contribution in [-0.2, 0) is 0 Å². The van der Waals surface area contributed by atoms with Crippen molar-refractivity contribution in [3.8, 4) is 0 Å². The van der Waals surface area contributed by atoms with Crippen LogP contribution >= 0.6 is 11.6 Å². The van der Waals surface area contributed by atoms with Gasteiger partial charge in [0, 0.05) is 30.9 Å². The van der Waals surface area contributed by atoms with Gasteiger partial charge in [-0.1, -0.05) is 23.7 Å². The summed E-state index contributed by atoms with van der Waals surface area (Å²) in [5.41, 5.74) is 1.79. The number of nitro benzene ring substituents is 1. The summed E-state index contributed by atoms with van der Waals surface area (Å²) in [6, 6.07) is 8.06. The lowest BCUT2D eigenvalue weighted by Gasteiger charge is -2.01. The molecule has 4 nitrogen and oxygen atoms in total. The molecule has 0 bridgehead atoms. The molecule has 0 fully saturated rings. The van der Waals surface area contributed by atoms with Crippen molar-refractivity contribution >= 4 is 17.3 Å². The Morgan fingerprint density at radius 1 is 1.18 bits per heavy atom. The maximum Gasteiger partial charge on any atom is 0.269 e. The molecule has 0 N–H and O–H groups in total. The standard InChI is InChI=1S/C12H8ClN2O2/c13-11-6-10(7-14-8-11)5-9-1-3-12(4-2-9)15(16)17/h1-8H. The Kier molecular flexibility index (Phi) is 3.35. The highest BCUT2D eigenvalue weighted by atomic mass is 35.5. The first-order valence-corrected chi connectivity index (χ1v) is 5.23. The highest BCUT2D eigenvalue weighted by Gasteiger charge is 2.04. The third kappa shape index (κ3) is 3.01. The molecule has 0 aliphatic rings. The first kappa shape index (κ1) is 11.5. The Bertz CT molecular complexity index is 540. The molecule has 0 unspecified atom stereocenters. The van der Waals surface area contributed by atoms with E-state index in [4.69, 9.17) is 11.6 Å². The van der Waals surface area contributed by atoms with Gasteiger partial charge >= 0.3 is 0 Å². The van der Waals surface area contributed by atoms with Gasteiger partial charge in [-0.25, -0.2) is 0 Å². The van der Waals surface area contributed by atoms with Crippen LogP contribution in [0.15, 0.2) is 42.7 Å². The number of hydrogen-bond donors (Lipinski definition) is 0. The summed E-state index contributed by atoms with van der Waals surface area (Å²) in [4.78, 5) is 14.0. The van der Waals surface area contributed by atoms with Crippen molar-refractivity contribution in [2.45, 2.75) is 0 Å². The van der Waals surface area contributed by atoms with E-state index in [1.807, 2.05) is 6.42 Å². The zero-order valence-corrected chi connectivity index (χ0v) is 9.46. The van der Waals surface area contributed by atoms with E-state index in [1.165, 1.54) is 12.1 Å². The summed E-state index contributed by atoms with van der Waals surface area (Å²) in [5.74, 6) is 0. The summed E-state index contributed by atoms with van der Waals surface area (Å²) >= 11 is 5.81. The van der Waals surface area contributed by atoms with Gasteiger partial charge in [-0.05, 0) is 17.2 Å². The summed E-state index contributed by atoms with van der Waals surface area (Å²) in [7, 11) is 0. The lowest BCUT2D eigenvalue weighted by atomic mass is 10.1. The van der Waals surface area contributed by atoms with E-state index in [2.05, 4.69) is 4.98 Å². The predicted molar refractivity (Wildman–Crippen MR) is 64.8 cm³/mol. The first-order chi connectivity index (χ1) is 8.15. The molecular formula is C12H8ClN2O2. The minimum atomic E-state index is -0.426. The molecule has 1 aromatic carbocycles. The van der Waals surface area contributed by atoms with Crippen LogP contribution in [-0.4, -0.2) is 9.91 Å². The van der Waals surface area contributed by atoms with E-state index in [0.717, 1.165) is 11.1 Å². The molecule has 0 spiro atoms. The van der Waals surface area contributed by atoms with E-state index >= 15 is 0 Å². The van der Waals surface area contributed by atoms with Gasteiger partial charge in [-0.15, -0.1) is 0 Å². The zero-order valence-electron chi connectivity index (χ0n) is 8.71. The lowest BCUT2D eigenvalue weighted by Crippen LogP contribution is -1.90. The van der Waals surface area contributed by atoms with E-state index in [9.17, 15) is 10.1 Å². The second-order valence-electron chi connectivity index (χ2n) is 3.43. The fourth-order valence-corrected chi connectivity index (χ4v) is 1.57. The molecule has 2 rings (SSSR count). The SMILES string of the molecule is O=[N+]([O-])c1ccc([CH]c2cncc(Cl)c2)cc1. The molecular weight excluding hydrogens is 240 g/mol. The molecule has 0 aliphatic heterocycles. The monoisotopic (exact) mass is 247 g/mol. The molecule has 2 aromatic rings. The topological polar surface area (TPSA) is 56.0 Å². The number of non-ortho nitro benzene ring substituents is 1. The second-order valence-corrected chi connectivity index (χ2v) is 3.87. The number of benzene rings is 1. The Balaban J connectivity index is 2.16. The molecule has 0 saturated heterocycles. The fourth-order valence-electron chi connectivity index (χ4n) is 1.39. The number of rotatable bonds is 3. The molecule has 0 saturated carbocycles. The van der Waals surface area contributed by atoms with E-state index < -0.39 is 4.92 Å². The highest BCUT2D eigenvalue weighted by molar-refractivity contribution is 6.30. The minimum Gasteiger partial charge on any atom is -0.263 e. The van der Waals surface area contributed by atoms with Crippen LogP contribution in [0.4, 0.5) is 5.69 Å². The van der Waals surface area contributed by atoms with Crippen LogP contribution in [0.3, 0.4) is 0 Å². The summed E-state index contributed by atoms with van der Waals surface area (Å²) in [6.45, 7) is 0. The highest BCUT2D eigenvalue weighted by Crippen LogP contribution is 2.17. The molecule has 0 atom stereocenters. The van der Waals surface area contributed by atoms with Gasteiger partial charge in [-0.2, -0.15) is 0 Å². The Hall–Kier alpha value is -1.94. The normalized spacial score (nSPS) is 10.2. The Morgan fingerprint density at radius 3 is 2.47 bits per heavy atom. The second kappa shape index (κ2) is 4.93. The van der Waals surface area contributed by atoms with Crippen molar-refractivity contribution in [2.24, 2.45) is 0 Å². The predicted octanol–water partition coefficient (Wildman–Crippen LogP) is 3.24. The van der Waals surface area contributed by atoms with Gasteiger partial charge in [0.15, 0.2) is 0 Å². The van der Waals surface area contributed by atoms with Crippen molar-refractivity contribution in [3.05, 3.63) is 75.4 Å². The van der Waals surface area contributed by atoms with E-state index in [1.54, 1.807) is 30.6 Å². The van der Waals surface area contributed by atoms with Crippen LogP contribution in [0.25, 0.3) is 0 Å². The van der Waals surface area contributed by atoms with E-state index in [-0.39, 0.29) is 5.69 Å². The largest absolute Gasteiger partial charge is 0.269 e. The van der Waals surface area contributed by atoms with Gasteiger partial charge in [0.1, 0.15) is 0 Å². The first-order valence-electron chi connectivity index (χ1n) is 4.85. The molecule has 85 valence electrons. The average Bonchev–Trinajstić information content (AvgIpc) is 2.29. The Labute approximate surface area is 103 Å². The summed E-state index contributed by atoms with van der Waals surface area (Å²) < 4.78 is 0. The van der Waals surface area contributed by atoms with E-state index in [0.29, 0.717) is 5.02 Å². The number of nitro groups is 1. The molecule has 1 radical (unpaired) electrons. The van der Waals surface area contributed by atoms with Gasteiger partial charge in [0.2, 0.25) is 0 Å². The van der Waals surface area contributed by atoms with Gasteiger partial charge in [0.05, 0.1) is 9.95 Å². The minimum absolute atomic E-state index is 0.0753. The quantitative estimate of drug-likeness (QED) is 0.618. The van der Waals surface area contributed by atoms with Crippen LogP contribution < -0.4 is 0 Å². The van der Waals surface area contributed by atoms with Crippen molar-refractivity contribution < 1.29 is 4.92 Å². The molecule has 0 aliphatic carbocycles. The average molecular weight is 248 g/mol. The fraction of sp³-hybridized carbons (Fsp3) is 0. The number of halogens is 1. The smallest absolute Gasteiger partial charge is 0.263 e. The van der Waals surface area contributed by atoms with Gasteiger partial charge in [0.25, 0.3) is 5.69 Å². The summed E-state index contributed by atoms with van der Waals surface area (Å²) in [6.07, 6.45) is 5.07. The number of nitrogens with zero attached hydrogens (tertiary/aromatic N) is 2. The van der Waals surface area contributed by atoms with Crippen LogP contribution in [0, 0.1) is 16.5 Å². The van der Waals surface area contributed by atoms with Crippen LogP contribution in [0.1, 0.15) is 11.1 Å². The van der Waals surface area contributed by atoms with Crippen LogP contribution in [0.2, 0.25) is 5.02 Å². The maximum absolute atomic E-state index is 10.5. The molecule has 17 heavy (non-hydrogen) atoms.